The molecule has 0 spiro atoms. The molecule has 0 saturated heterocycles. The Bertz CT molecular complexity index is 622. The number of hydrogen-bond acceptors (Lipinski definition) is 2. The molecule has 0 fully saturated rings. The van der Waals surface area contributed by atoms with Gasteiger partial charge in [-0.15, -0.1) is 11.6 Å². The van der Waals surface area contributed by atoms with Gasteiger partial charge in [-0.3, -0.25) is 4.68 Å². The van der Waals surface area contributed by atoms with E-state index in [1.54, 1.807) is 6.20 Å². The first kappa shape index (κ1) is 20.9. The van der Waals surface area contributed by atoms with E-state index in [0.29, 0.717) is 5.57 Å². The first-order chi connectivity index (χ1) is 11.1. The largest absolute Gasteiger partial charge is 0.269 e. The van der Waals surface area contributed by atoms with Gasteiger partial charge in [-0.25, -0.2) is 0 Å². The first-order valence-electron chi connectivity index (χ1n) is 7.60. The van der Waals surface area contributed by atoms with Crippen molar-refractivity contribution in [3.8, 4) is 6.07 Å². The fraction of sp³-hybridized carbons (Fsp3) is 0.368. The lowest BCUT2D eigenvalue weighted by Gasteiger charge is -2.02. The van der Waals surface area contributed by atoms with Crippen LogP contribution in [0.4, 0.5) is 0 Å². The van der Waals surface area contributed by atoms with E-state index < -0.39 is 0 Å². The summed E-state index contributed by atoms with van der Waals surface area (Å²) in [5, 5.41) is 13.2. The molecule has 0 aromatic carbocycles. The van der Waals surface area contributed by atoms with Crippen molar-refractivity contribution in [3.05, 3.63) is 59.5 Å². The van der Waals surface area contributed by atoms with Crippen LogP contribution >= 0.6 is 11.6 Å². The fourth-order valence-electron chi connectivity index (χ4n) is 1.94. The van der Waals surface area contributed by atoms with Gasteiger partial charge in [-0.2, -0.15) is 10.4 Å². The van der Waals surface area contributed by atoms with Crippen LogP contribution in [0.2, 0.25) is 0 Å². The van der Waals surface area contributed by atoms with Crippen molar-refractivity contribution < 1.29 is 0 Å². The van der Waals surface area contributed by atoms with Crippen LogP contribution in [0.15, 0.2) is 48.2 Å². The lowest BCUT2D eigenvalue weighted by molar-refractivity contribution is 0.631. The molecule has 3 nitrogen and oxygen atoms in total. The minimum atomic E-state index is 0.702. The molecule has 124 valence electrons. The number of aromatic nitrogens is 2. The van der Waals surface area contributed by atoms with Crippen molar-refractivity contribution in [1.29, 1.82) is 5.26 Å². The maximum atomic E-state index is 8.96. The van der Waals surface area contributed by atoms with Crippen LogP contribution in [0, 0.1) is 11.3 Å². The van der Waals surface area contributed by atoms with Gasteiger partial charge in [0, 0.05) is 24.9 Å². The summed E-state index contributed by atoms with van der Waals surface area (Å²) >= 11 is 4.64. The van der Waals surface area contributed by atoms with Crippen LogP contribution in [-0.4, -0.2) is 16.2 Å². The van der Waals surface area contributed by atoms with E-state index in [0.717, 1.165) is 24.2 Å². The second-order valence-electron chi connectivity index (χ2n) is 4.91. The highest BCUT2D eigenvalue weighted by Crippen LogP contribution is 2.21. The molecule has 23 heavy (non-hydrogen) atoms. The Morgan fingerprint density at radius 3 is 2.61 bits per heavy atom. The highest BCUT2D eigenvalue weighted by atomic mass is 35.5. The van der Waals surface area contributed by atoms with Gasteiger partial charge in [0.25, 0.3) is 0 Å². The van der Waals surface area contributed by atoms with E-state index in [1.807, 2.05) is 35.9 Å². The van der Waals surface area contributed by atoms with Crippen molar-refractivity contribution in [2.75, 3.05) is 6.38 Å². The number of fused-ring (bicyclic) bond motifs is 1. The Balaban J connectivity index is 0.000000460. The smallest absolute Gasteiger partial charge is 0.0999 e. The summed E-state index contributed by atoms with van der Waals surface area (Å²) in [6.45, 7) is 9.08. The molecule has 1 aliphatic carbocycles. The van der Waals surface area contributed by atoms with Gasteiger partial charge < -0.3 is 0 Å². The zero-order chi connectivity index (χ0) is 17.7. The number of hydrogen-bond donors (Lipinski definition) is 0. The monoisotopic (exact) mass is 331 g/mol. The summed E-state index contributed by atoms with van der Waals surface area (Å²) in [6.07, 6.45) is 16.1. The lowest BCUT2D eigenvalue weighted by atomic mass is 10.1. The summed E-state index contributed by atoms with van der Waals surface area (Å²) < 4.78 is 1.94. The molecule has 0 saturated carbocycles. The van der Waals surface area contributed by atoms with Crippen LogP contribution in [0.25, 0.3) is 5.57 Å². The van der Waals surface area contributed by atoms with Gasteiger partial charge in [-0.1, -0.05) is 36.0 Å². The van der Waals surface area contributed by atoms with E-state index in [2.05, 4.69) is 55.7 Å². The van der Waals surface area contributed by atoms with Crippen molar-refractivity contribution in [3.63, 3.8) is 0 Å². The minimum absolute atomic E-state index is 0.702. The quantitative estimate of drug-likeness (QED) is 0.544. The van der Waals surface area contributed by atoms with Crippen molar-refractivity contribution in [1.82, 2.24) is 9.78 Å². The third-order valence-corrected chi connectivity index (χ3v) is 2.99. The number of allylic oxidation sites excluding steroid dienone is 8. The number of rotatable bonds is 2. The number of aryl methyl sites for hydroxylation is 1. The molecular weight excluding hydrogens is 306 g/mol. The Morgan fingerprint density at radius 1 is 1.43 bits per heavy atom. The Morgan fingerprint density at radius 2 is 2.13 bits per heavy atom. The zero-order valence-corrected chi connectivity index (χ0v) is 15.4. The van der Waals surface area contributed by atoms with Gasteiger partial charge in [0.2, 0.25) is 0 Å². The van der Waals surface area contributed by atoms with Gasteiger partial charge in [0.05, 0.1) is 23.5 Å². The van der Waals surface area contributed by atoms with E-state index in [4.69, 9.17) is 5.26 Å². The Hall–Kier alpha value is -2.05. The normalized spacial score (nSPS) is 11.8. The zero-order valence-electron chi connectivity index (χ0n) is 14.7. The third-order valence-electron chi connectivity index (χ3n) is 2.99. The van der Waals surface area contributed by atoms with Crippen molar-refractivity contribution in [2.24, 2.45) is 0 Å². The maximum absolute atomic E-state index is 8.96. The van der Waals surface area contributed by atoms with Crippen LogP contribution in [0.5, 0.6) is 0 Å². The number of nitrogens with zero attached hydrogens (tertiary/aromatic N) is 3. The van der Waals surface area contributed by atoms with Crippen LogP contribution < -0.4 is 0 Å². The van der Waals surface area contributed by atoms with E-state index in [-0.39, 0.29) is 0 Å². The maximum Gasteiger partial charge on any atom is 0.0999 e. The summed E-state index contributed by atoms with van der Waals surface area (Å²) in [5.74, 6) is 0. The number of halogens is 1. The van der Waals surface area contributed by atoms with Gasteiger partial charge in [-0.05, 0) is 33.8 Å². The minimum Gasteiger partial charge on any atom is -0.269 e. The van der Waals surface area contributed by atoms with Crippen LogP contribution in [0.3, 0.4) is 0 Å². The van der Waals surface area contributed by atoms with Gasteiger partial charge in [0.1, 0.15) is 0 Å². The first-order valence-corrected chi connectivity index (χ1v) is 8.35. The number of alkyl halides is 1. The molecule has 0 amide bonds. The second kappa shape index (κ2) is 12.5. The molecule has 1 aliphatic rings. The molecule has 0 bridgehead atoms. The van der Waals surface area contributed by atoms with Crippen molar-refractivity contribution in [2.45, 2.75) is 40.7 Å². The molecule has 0 unspecified atom stereocenters. The highest BCUT2D eigenvalue weighted by Gasteiger charge is 2.13. The molecule has 1 aromatic heterocycles. The standard InChI is InChI=1S/C11H11N3.C7H12.CH3Cl/c1-2-14-11-6-4-3-5-9(7-12)10(11)8-13-14;1-4-5-6-7(2)3;1-2/h3-5,8H,2,6H2,1H3;4-6H,1-3H3;1H3/b;5-4-;. The number of nitriles is 1. The Labute approximate surface area is 145 Å². The highest BCUT2D eigenvalue weighted by molar-refractivity contribution is 6.15. The molecule has 0 aliphatic heterocycles. The molecule has 2 rings (SSSR count). The van der Waals surface area contributed by atoms with E-state index >= 15 is 0 Å². The average Bonchev–Trinajstić information content (AvgIpc) is 2.87. The summed E-state index contributed by atoms with van der Waals surface area (Å²) in [5.41, 5.74) is 4.15. The summed E-state index contributed by atoms with van der Waals surface area (Å²) in [6, 6.07) is 2.19. The van der Waals surface area contributed by atoms with Gasteiger partial charge in [0.15, 0.2) is 0 Å². The predicted octanol–water partition coefficient (Wildman–Crippen LogP) is 5.31. The Kier molecular flexibility index (Phi) is 11.4. The lowest BCUT2D eigenvalue weighted by Crippen LogP contribution is -2.02. The molecule has 0 atom stereocenters. The molecule has 0 N–H and O–H groups in total. The summed E-state index contributed by atoms with van der Waals surface area (Å²) in [7, 11) is 0. The van der Waals surface area contributed by atoms with Crippen LogP contribution in [0.1, 0.15) is 39.0 Å². The molecular formula is C19H26ClN3. The van der Waals surface area contributed by atoms with E-state index in [1.165, 1.54) is 12.0 Å². The molecule has 0 radical (unpaired) electrons. The third kappa shape index (κ3) is 7.17. The summed E-state index contributed by atoms with van der Waals surface area (Å²) in [4.78, 5) is 0. The van der Waals surface area contributed by atoms with Gasteiger partial charge >= 0.3 is 0 Å². The van der Waals surface area contributed by atoms with Crippen molar-refractivity contribution >= 4 is 17.2 Å². The topological polar surface area (TPSA) is 41.6 Å². The fourth-order valence-corrected chi connectivity index (χ4v) is 1.94. The van der Waals surface area contributed by atoms with E-state index in [9.17, 15) is 0 Å². The molecule has 1 heterocycles. The molecule has 1 aromatic rings. The molecule has 4 heteroatoms. The predicted molar refractivity (Wildman–Crippen MR) is 100 cm³/mol. The second-order valence-corrected chi connectivity index (χ2v) is 4.91. The SMILES string of the molecule is C/C=C\C=C(C)C.CCl.CCn1ncc2c1CC=CC=C2C#N. The average molecular weight is 332 g/mol. The van der Waals surface area contributed by atoms with Crippen LogP contribution in [-0.2, 0) is 13.0 Å².